The average molecular weight is 577 g/mol. The van der Waals surface area contributed by atoms with E-state index in [4.69, 9.17) is 9.73 Å². The fourth-order valence-corrected chi connectivity index (χ4v) is 6.85. The van der Waals surface area contributed by atoms with Crippen LogP contribution in [0.1, 0.15) is 77.9 Å². The Kier molecular flexibility index (Phi) is 7.58. The number of allylic oxidation sites excluding steroid dienone is 3. The van der Waals surface area contributed by atoms with Gasteiger partial charge >= 0.3 is 6.18 Å². The molecule has 0 saturated heterocycles. The molecule has 1 heterocycles. The molecule has 5 nitrogen and oxygen atoms in total. The molecule has 0 aromatic heterocycles. The van der Waals surface area contributed by atoms with Crippen molar-refractivity contribution in [2.75, 3.05) is 13.7 Å². The topological polar surface area (TPSA) is 67.8 Å². The van der Waals surface area contributed by atoms with Crippen LogP contribution in [-0.2, 0) is 4.79 Å². The van der Waals surface area contributed by atoms with Crippen LogP contribution in [0.25, 0.3) is 12.2 Å². The van der Waals surface area contributed by atoms with Crippen LogP contribution in [0.3, 0.4) is 0 Å². The molecule has 8 heteroatoms. The number of fused-ring (bicyclic) bond motifs is 4. The van der Waals surface area contributed by atoms with Gasteiger partial charge in [0.1, 0.15) is 12.3 Å². The number of hydrogen-bond acceptors (Lipinski definition) is 4. The minimum absolute atomic E-state index is 0.00426. The lowest BCUT2D eigenvalue weighted by molar-refractivity contribution is -0.123. The van der Waals surface area contributed by atoms with Gasteiger partial charge in [-0.15, -0.1) is 0 Å². The molecular formula is C34H35F3N2O3. The summed E-state index contributed by atoms with van der Waals surface area (Å²) in [5, 5.41) is 3.58. The molecule has 220 valence electrons. The van der Waals surface area contributed by atoms with E-state index in [-0.39, 0.29) is 29.2 Å². The molecular weight excluding hydrogens is 541 g/mol. The molecule has 2 atom stereocenters. The first-order valence-electron chi connectivity index (χ1n) is 14.8. The van der Waals surface area contributed by atoms with Crippen molar-refractivity contribution >= 4 is 23.8 Å². The highest BCUT2D eigenvalue weighted by Gasteiger charge is 2.39. The van der Waals surface area contributed by atoms with Crippen LogP contribution in [0.5, 0.6) is 5.75 Å². The van der Waals surface area contributed by atoms with Crippen molar-refractivity contribution in [2.45, 2.75) is 70.0 Å². The first-order valence-corrected chi connectivity index (χ1v) is 14.8. The fourth-order valence-electron chi connectivity index (χ4n) is 6.85. The molecule has 4 aliphatic rings. The van der Waals surface area contributed by atoms with Crippen molar-refractivity contribution in [1.29, 1.82) is 0 Å². The Bertz CT molecular complexity index is 1610. The number of ketones is 1. The van der Waals surface area contributed by atoms with Gasteiger partial charge in [-0.1, -0.05) is 31.1 Å². The summed E-state index contributed by atoms with van der Waals surface area (Å²) in [4.78, 5) is 30.6. The summed E-state index contributed by atoms with van der Waals surface area (Å²) < 4.78 is 42.9. The maximum Gasteiger partial charge on any atom is 0.405 e. The second-order valence-electron chi connectivity index (χ2n) is 12.0. The summed E-state index contributed by atoms with van der Waals surface area (Å²) in [6.45, 7) is 0.407. The van der Waals surface area contributed by atoms with Crippen molar-refractivity contribution in [3.63, 3.8) is 0 Å². The lowest BCUT2D eigenvalue weighted by Crippen LogP contribution is -2.36. The molecule has 2 aromatic carbocycles. The molecule has 1 saturated carbocycles. The number of halogens is 3. The molecule has 3 aliphatic carbocycles. The van der Waals surface area contributed by atoms with Crippen LogP contribution in [0.2, 0.25) is 0 Å². The van der Waals surface area contributed by atoms with Crippen LogP contribution in [0.15, 0.2) is 52.5 Å². The standard InChI is InChI=1S/C34H35F3N2O3/c1-19-25(33(41)38-18-34(35,36)37)12-13-31-27(19)16-23(39-31)5-3-4-20-6-8-21(9-7-20)32(40)30-15-22-14-24(42-2)10-11-26(22)28-17-29(28)30/h10-17,20-21,23,28H,3-9,18H2,1-2H3,(H,38,41). The van der Waals surface area contributed by atoms with Gasteiger partial charge in [-0.3, -0.25) is 14.6 Å². The van der Waals surface area contributed by atoms with Crippen molar-refractivity contribution in [3.8, 4) is 5.75 Å². The predicted octanol–water partition coefficient (Wildman–Crippen LogP) is 5.74. The lowest BCUT2D eigenvalue weighted by atomic mass is 9.75. The summed E-state index contributed by atoms with van der Waals surface area (Å²) in [5.41, 5.74) is 5.31. The fraction of sp³-hybridized carbons (Fsp3) is 0.441. The number of amides is 1. The SMILES string of the molecule is COc1ccc2c(c1)C=C(C(=O)C1CCC(CCCC3C=c4c(C)c(C(=O)NCC(F)(F)F)ccc4=N3)CC1)C1=CC12. The number of hydrogen-bond donors (Lipinski definition) is 1. The van der Waals surface area contributed by atoms with Gasteiger partial charge in [-0.05, 0) is 97.6 Å². The molecule has 42 heavy (non-hydrogen) atoms. The van der Waals surface area contributed by atoms with Crippen molar-refractivity contribution in [3.05, 3.63) is 80.4 Å². The Balaban J connectivity index is 0.994. The number of ether oxygens (including phenoxy) is 1. The molecule has 0 radical (unpaired) electrons. The quantitative estimate of drug-likeness (QED) is 0.414. The van der Waals surface area contributed by atoms with Gasteiger partial charge in [-0.2, -0.15) is 13.2 Å². The zero-order valence-electron chi connectivity index (χ0n) is 23.9. The minimum atomic E-state index is -4.45. The van der Waals surface area contributed by atoms with Gasteiger partial charge in [0.25, 0.3) is 5.91 Å². The van der Waals surface area contributed by atoms with Crippen LogP contribution >= 0.6 is 0 Å². The van der Waals surface area contributed by atoms with E-state index in [0.717, 1.165) is 72.4 Å². The first kappa shape index (κ1) is 28.4. The predicted molar refractivity (Wildman–Crippen MR) is 155 cm³/mol. The van der Waals surface area contributed by atoms with Crippen molar-refractivity contribution < 1.29 is 27.5 Å². The molecule has 1 fully saturated rings. The average Bonchev–Trinajstić information content (AvgIpc) is 3.67. The van der Waals surface area contributed by atoms with Crippen LogP contribution in [0, 0.1) is 18.8 Å². The van der Waals surface area contributed by atoms with E-state index in [2.05, 4.69) is 18.2 Å². The molecule has 6 rings (SSSR count). The van der Waals surface area contributed by atoms with E-state index in [1.807, 2.05) is 23.5 Å². The monoisotopic (exact) mass is 576 g/mol. The number of nitrogens with one attached hydrogen (secondary N) is 1. The normalized spacial score (nSPS) is 23.7. The number of Topliss-reactive ketones (excluding diaryl/α,β-unsaturated/α-hetero) is 1. The Morgan fingerprint density at radius 1 is 1.05 bits per heavy atom. The van der Waals surface area contributed by atoms with Gasteiger partial charge in [0.15, 0.2) is 5.78 Å². The molecule has 2 aromatic rings. The van der Waals surface area contributed by atoms with E-state index < -0.39 is 18.6 Å². The molecule has 1 aliphatic heterocycles. The lowest BCUT2D eigenvalue weighted by Gasteiger charge is -2.29. The van der Waals surface area contributed by atoms with Crippen LogP contribution in [-0.4, -0.2) is 37.6 Å². The highest BCUT2D eigenvalue weighted by Crippen LogP contribution is 2.51. The van der Waals surface area contributed by atoms with E-state index in [1.165, 1.54) is 11.1 Å². The summed E-state index contributed by atoms with van der Waals surface area (Å²) in [7, 11) is 1.66. The number of carbonyl (C=O) groups is 2. The summed E-state index contributed by atoms with van der Waals surface area (Å²) in [5.74, 6) is 1.32. The molecule has 0 spiro atoms. The number of nitrogens with zero attached hydrogens (tertiary/aromatic N) is 1. The Hall–Kier alpha value is -3.68. The van der Waals surface area contributed by atoms with E-state index in [0.29, 0.717) is 11.5 Å². The molecule has 1 amide bonds. The third kappa shape index (κ3) is 5.81. The number of carbonyl (C=O) groups excluding carboxylic acids is 2. The molecule has 0 bridgehead atoms. The van der Waals surface area contributed by atoms with Gasteiger partial charge in [0.2, 0.25) is 0 Å². The first-order chi connectivity index (χ1) is 20.1. The maximum absolute atomic E-state index is 13.5. The van der Waals surface area contributed by atoms with Crippen LogP contribution < -0.4 is 20.6 Å². The Morgan fingerprint density at radius 2 is 1.83 bits per heavy atom. The number of rotatable bonds is 9. The number of benzene rings is 2. The van der Waals surface area contributed by atoms with Gasteiger partial charge in [0, 0.05) is 28.2 Å². The van der Waals surface area contributed by atoms with E-state index >= 15 is 0 Å². The molecule has 1 N–H and O–H groups in total. The number of methoxy groups -OCH3 is 1. The second-order valence-corrected chi connectivity index (χ2v) is 12.0. The number of alkyl halides is 3. The summed E-state index contributed by atoms with van der Waals surface area (Å²) in [6.07, 6.45) is 8.77. The van der Waals surface area contributed by atoms with Gasteiger partial charge in [0.05, 0.1) is 18.5 Å². The van der Waals surface area contributed by atoms with Crippen molar-refractivity contribution in [1.82, 2.24) is 5.32 Å². The smallest absolute Gasteiger partial charge is 0.405 e. The summed E-state index contributed by atoms with van der Waals surface area (Å²) >= 11 is 0. The third-order valence-electron chi connectivity index (χ3n) is 9.26. The third-order valence-corrected chi connectivity index (χ3v) is 9.26. The zero-order valence-corrected chi connectivity index (χ0v) is 23.9. The highest BCUT2D eigenvalue weighted by atomic mass is 19.4. The largest absolute Gasteiger partial charge is 0.497 e. The van der Waals surface area contributed by atoms with Crippen molar-refractivity contribution in [2.24, 2.45) is 16.8 Å². The Morgan fingerprint density at radius 3 is 2.57 bits per heavy atom. The van der Waals surface area contributed by atoms with Gasteiger partial charge in [-0.25, -0.2) is 0 Å². The molecule has 2 unspecified atom stereocenters. The summed E-state index contributed by atoms with van der Waals surface area (Å²) in [6, 6.07) is 9.37. The zero-order chi connectivity index (χ0) is 29.6. The highest BCUT2D eigenvalue weighted by molar-refractivity contribution is 6.08. The minimum Gasteiger partial charge on any atom is -0.497 e. The maximum atomic E-state index is 13.5. The van der Waals surface area contributed by atoms with Gasteiger partial charge < -0.3 is 10.1 Å². The van der Waals surface area contributed by atoms with E-state index in [9.17, 15) is 22.8 Å². The van der Waals surface area contributed by atoms with E-state index in [1.54, 1.807) is 26.2 Å². The Labute approximate surface area is 243 Å². The van der Waals surface area contributed by atoms with Crippen LogP contribution in [0.4, 0.5) is 13.2 Å². The second kappa shape index (κ2) is 11.2.